The smallest absolute Gasteiger partial charge is 0.251 e. The van der Waals surface area contributed by atoms with Crippen LogP contribution in [0.2, 0.25) is 0 Å². The molecule has 414 valence electrons. The SMILES string of the molecule is C[C@@H]1COCCN1c1nc(N2CCOC[C@H]2C)c2ccc(-c3cccc(C(=O)NCCOCCOCCOCCOC/C=C/C(=O)N4CCC[C@@H](n5nc(-c6ccc(Oc7ccccc7)cc6)c6c(N)ncnc65)C4)c3)nc2n1. The number of amides is 2. The van der Waals surface area contributed by atoms with E-state index in [1.54, 1.807) is 18.2 Å². The second-order valence-electron chi connectivity index (χ2n) is 19.6. The van der Waals surface area contributed by atoms with Crippen molar-refractivity contribution >= 4 is 51.5 Å². The molecule has 79 heavy (non-hydrogen) atoms. The summed E-state index contributed by atoms with van der Waals surface area (Å²) in [5, 5.41) is 9.50. The lowest BCUT2D eigenvalue weighted by Gasteiger charge is -2.37. The molecule has 21 heteroatoms. The molecule has 10 rings (SSSR count). The highest BCUT2D eigenvalue weighted by molar-refractivity contribution is 5.98. The van der Waals surface area contributed by atoms with Crippen LogP contribution in [0.4, 0.5) is 17.6 Å². The molecular weight excluding hydrogens is 1010 g/mol. The summed E-state index contributed by atoms with van der Waals surface area (Å²) in [5.41, 5.74) is 11.2. The summed E-state index contributed by atoms with van der Waals surface area (Å²) in [7, 11) is 0. The molecule has 7 aromatic rings. The van der Waals surface area contributed by atoms with Crippen molar-refractivity contribution < 1.29 is 42.7 Å². The van der Waals surface area contributed by atoms with Crippen molar-refractivity contribution in [1.29, 1.82) is 0 Å². The number of fused-ring (bicyclic) bond motifs is 2. The van der Waals surface area contributed by atoms with Gasteiger partial charge in [0.25, 0.3) is 5.91 Å². The van der Waals surface area contributed by atoms with Gasteiger partial charge in [-0.25, -0.2) is 19.6 Å². The predicted molar refractivity (Wildman–Crippen MR) is 299 cm³/mol. The largest absolute Gasteiger partial charge is 0.457 e. The van der Waals surface area contributed by atoms with Crippen molar-refractivity contribution in [3.8, 4) is 34.0 Å². The molecule has 7 heterocycles. The minimum absolute atomic E-state index is 0.0917. The van der Waals surface area contributed by atoms with Gasteiger partial charge in [-0.2, -0.15) is 15.1 Å². The van der Waals surface area contributed by atoms with E-state index in [0.717, 1.165) is 47.5 Å². The van der Waals surface area contributed by atoms with Gasteiger partial charge in [0.05, 0.1) is 114 Å². The van der Waals surface area contributed by atoms with E-state index < -0.39 is 0 Å². The first kappa shape index (κ1) is 54.7. The Morgan fingerprint density at radius 2 is 1.47 bits per heavy atom. The molecule has 3 atom stereocenters. The van der Waals surface area contributed by atoms with E-state index in [1.807, 2.05) is 94.5 Å². The Hall–Kier alpha value is -7.66. The first-order chi connectivity index (χ1) is 38.8. The zero-order valence-electron chi connectivity index (χ0n) is 44.8. The maximum absolute atomic E-state index is 13.3. The standard InChI is InChI=1S/C58H68N12O9/c1-40-37-77-27-23-68(40)55-48-19-20-49(63-54(48)64-58(65-55)69-24-28-78-38-41(69)2)43-9-6-10-44(35-43)57(72)60-21-26-74-30-32-76-34-33-75-31-29-73-25-8-14-50(71)67-22-7-11-45(36-67)70-56-51(53(59)61-39-62-56)52(66-70)42-15-17-47(18-16-42)79-46-12-4-3-5-13-46/h3-6,8-10,12-20,35,39-41,45H,7,11,21-34,36-38H2,1-2H3,(H,60,72)(H2,59,61,62)/b14-8+/t40-,41-,45-/m1/s1. The number of para-hydroxylation sites is 1. The fourth-order valence-electron chi connectivity index (χ4n) is 9.89. The summed E-state index contributed by atoms with van der Waals surface area (Å²) in [6.45, 7) is 12.5. The minimum Gasteiger partial charge on any atom is -0.457 e. The van der Waals surface area contributed by atoms with Crippen molar-refractivity contribution in [1.82, 2.24) is 44.9 Å². The zero-order valence-corrected chi connectivity index (χ0v) is 44.8. The van der Waals surface area contributed by atoms with Gasteiger partial charge in [0.15, 0.2) is 11.3 Å². The Morgan fingerprint density at radius 1 is 0.747 bits per heavy atom. The van der Waals surface area contributed by atoms with Crippen LogP contribution in [0.1, 0.15) is 43.1 Å². The Morgan fingerprint density at radius 3 is 2.23 bits per heavy atom. The predicted octanol–water partition coefficient (Wildman–Crippen LogP) is 6.54. The van der Waals surface area contributed by atoms with E-state index >= 15 is 0 Å². The van der Waals surface area contributed by atoms with Crippen LogP contribution in [-0.2, 0) is 33.2 Å². The third-order valence-corrected chi connectivity index (χ3v) is 14.0. The van der Waals surface area contributed by atoms with E-state index in [2.05, 4.69) is 38.9 Å². The molecule has 0 spiro atoms. The van der Waals surface area contributed by atoms with Crippen LogP contribution >= 0.6 is 0 Å². The summed E-state index contributed by atoms with van der Waals surface area (Å²) in [6, 6.07) is 28.9. The van der Waals surface area contributed by atoms with Crippen LogP contribution in [0, 0.1) is 0 Å². The number of nitrogens with two attached hydrogens (primary N) is 1. The molecule has 0 radical (unpaired) electrons. The van der Waals surface area contributed by atoms with Gasteiger partial charge in [-0.1, -0.05) is 36.4 Å². The number of pyridine rings is 1. The average molecular weight is 1080 g/mol. The van der Waals surface area contributed by atoms with E-state index in [4.69, 9.17) is 58.9 Å². The van der Waals surface area contributed by atoms with E-state index in [0.29, 0.717) is 150 Å². The molecule has 3 N–H and O–H groups in total. The Bertz CT molecular complexity index is 3180. The van der Waals surface area contributed by atoms with Crippen molar-refractivity contribution in [2.24, 2.45) is 0 Å². The van der Waals surface area contributed by atoms with Crippen LogP contribution in [-0.4, -0.2) is 176 Å². The van der Waals surface area contributed by atoms with Crippen LogP contribution in [0.15, 0.2) is 109 Å². The number of nitrogens with one attached hydrogen (secondary N) is 1. The number of carbonyl (C=O) groups is 2. The number of piperidine rings is 1. The van der Waals surface area contributed by atoms with E-state index in [1.165, 1.54) is 6.33 Å². The summed E-state index contributed by atoms with van der Waals surface area (Å²) >= 11 is 0. The molecule has 3 fully saturated rings. The van der Waals surface area contributed by atoms with E-state index in [-0.39, 0.29) is 36.5 Å². The molecule has 4 aromatic heterocycles. The van der Waals surface area contributed by atoms with Gasteiger partial charge in [0.1, 0.15) is 35.2 Å². The second kappa shape index (κ2) is 26.8. The number of likely N-dealkylation sites (tertiary alicyclic amines) is 1. The number of anilines is 3. The fourth-order valence-corrected chi connectivity index (χ4v) is 9.89. The summed E-state index contributed by atoms with van der Waals surface area (Å²) in [6.07, 6.45) is 6.37. The summed E-state index contributed by atoms with van der Waals surface area (Å²) < 4.78 is 42.0. The number of morpholine rings is 2. The van der Waals surface area contributed by atoms with E-state index in [9.17, 15) is 9.59 Å². The van der Waals surface area contributed by atoms with Gasteiger partial charge >= 0.3 is 0 Å². The molecule has 0 saturated carbocycles. The van der Waals surface area contributed by atoms with Gasteiger partial charge in [0.2, 0.25) is 11.9 Å². The first-order valence-electron chi connectivity index (χ1n) is 27.1. The van der Waals surface area contributed by atoms with Crippen LogP contribution in [0.25, 0.3) is 44.6 Å². The number of benzene rings is 3. The molecule has 3 saturated heterocycles. The van der Waals surface area contributed by atoms with Crippen LogP contribution < -0.4 is 25.6 Å². The number of hydrogen-bond acceptors (Lipinski definition) is 18. The second-order valence-corrected chi connectivity index (χ2v) is 19.6. The lowest BCUT2D eigenvalue weighted by molar-refractivity contribution is -0.127. The third-order valence-electron chi connectivity index (χ3n) is 14.0. The molecule has 21 nitrogen and oxygen atoms in total. The lowest BCUT2D eigenvalue weighted by Crippen LogP contribution is -2.46. The minimum atomic E-state index is -0.207. The van der Waals surface area contributed by atoms with Gasteiger partial charge < -0.3 is 58.9 Å². The normalized spacial score (nSPS) is 17.9. The van der Waals surface area contributed by atoms with Crippen molar-refractivity contribution in [2.75, 3.05) is 128 Å². The van der Waals surface area contributed by atoms with Crippen LogP contribution in [0.5, 0.6) is 11.5 Å². The topological polar surface area (TPSA) is 229 Å². The van der Waals surface area contributed by atoms with Crippen molar-refractivity contribution in [3.63, 3.8) is 0 Å². The number of nitrogen functional groups attached to an aromatic ring is 1. The van der Waals surface area contributed by atoms with Crippen LogP contribution in [0.3, 0.4) is 0 Å². The Labute approximate surface area is 459 Å². The first-order valence-corrected chi connectivity index (χ1v) is 27.1. The Balaban J connectivity index is 0.597. The number of rotatable bonds is 23. The molecule has 3 aliphatic heterocycles. The number of ether oxygens (including phenoxy) is 7. The maximum atomic E-state index is 13.3. The molecule has 3 aromatic carbocycles. The number of carbonyl (C=O) groups excluding carboxylic acids is 2. The number of aromatic nitrogens is 7. The molecule has 0 bridgehead atoms. The van der Waals surface area contributed by atoms with Gasteiger partial charge in [-0.05, 0) is 87.4 Å². The molecule has 2 amide bonds. The quantitative estimate of drug-likeness (QED) is 0.0512. The monoisotopic (exact) mass is 1080 g/mol. The molecular formula is C58H68N12O9. The average Bonchev–Trinajstić information content (AvgIpc) is 3.94. The highest BCUT2D eigenvalue weighted by Crippen LogP contribution is 2.36. The summed E-state index contributed by atoms with van der Waals surface area (Å²) in [4.78, 5) is 56.7. The molecule has 3 aliphatic rings. The molecule has 0 aliphatic carbocycles. The maximum Gasteiger partial charge on any atom is 0.251 e. The highest BCUT2D eigenvalue weighted by Gasteiger charge is 2.30. The third kappa shape index (κ3) is 13.8. The number of nitrogens with zero attached hydrogens (tertiary/aromatic N) is 10. The highest BCUT2D eigenvalue weighted by atomic mass is 16.6. The number of hydrogen-bond donors (Lipinski definition) is 2. The van der Waals surface area contributed by atoms with Gasteiger partial charge in [-0.3, -0.25) is 9.59 Å². The molecule has 0 unspecified atom stereocenters. The van der Waals surface area contributed by atoms with Crippen molar-refractivity contribution in [3.05, 3.63) is 115 Å². The lowest BCUT2D eigenvalue weighted by atomic mass is 10.1. The van der Waals surface area contributed by atoms with Crippen molar-refractivity contribution in [2.45, 2.75) is 44.8 Å². The summed E-state index contributed by atoms with van der Waals surface area (Å²) in [5.74, 6) is 2.97. The van der Waals surface area contributed by atoms with Gasteiger partial charge in [0, 0.05) is 55.5 Å². The zero-order chi connectivity index (χ0) is 54.3. The van der Waals surface area contributed by atoms with Gasteiger partial charge in [-0.15, -0.1) is 0 Å². The fraction of sp³-hybridized carbons (Fsp3) is 0.414. The Kier molecular flexibility index (Phi) is 18.6.